The molecule has 3 amide bonds. The van der Waals surface area contributed by atoms with Crippen molar-refractivity contribution in [3.05, 3.63) is 87.6 Å². The highest BCUT2D eigenvalue weighted by atomic mass is 32.1. The highest BCUT2D eigenvalue weighted by Crippen LogP contribution is 2.35. The molecular weight excluding hydrogens is 558 g/mol. The van der Waals surface area contributed by atoms with Gasteiger partial charge in [-0.3, -0.25) is 19.8 Å². The van der Waals surface area contributed by atoms with Gasteiger partial charge in [0.15, 0.2) is 5.79 Å². The van der Waals surface area contributed by atoms with Crippen LogP contribution in [0.4, 0.5) is 0 Å². The summed E-state index contributed by atoms with van der Waals surface area (Å²) < 4.78 is 17.4. The fourth-order valence-corrected chi connectivity index (χ4v) is 5.86. The molecular formula is C30H33N5O6S. The highest BCUT2D eigenvalue weighted by Gasteiger charge is 2.52. The molecule has 2 aliphatic heterocycles. The van der Waals surface area contributed by atoms with Crippen LogP contribution in [0.15, 0.2) is 66.0 Å². The minimum Gasteiger partial charge on any atom is -0.489 e. The largest absolute Gasteiger partial charge is 0.489 e. The smallest absolute Gasteiger partial charge is 0.251 e. The number of carbonyl (C=O) groups is 3. The molecule has 220 valence electrons. The average Bonchev–Trinajstić information content (AvgIpc) is 3.76. The molecule has 42 heavy (non-hydrogen) atoms. The van der Waals surface area contributed by atoms with E-state index in [1.165, 1.54) is 16.2 Å². The third-order valence-electron chi connectivity index (χ3n) is 7.21. The van der Waals surface area contributed by atoms with E-state index in [1.54, 1.807) is 35.7 Å². The number of amides is 3. The molecule has 2 fully saturated rings. The summed E-state index contributed by atoms with van der Waals surface area (Å²) in [5, 5.41) is 15.0. The number of nitrogens with one attached hydrogen (secondary N) is 3. The van der Waals surface area contributed by atoms with Crippen molar-refractivity contribution in [3.63, 3.8) is 0 Å². The fraction of sp³-hybridized carbons (Fsp3) is 0.333. The maximum absolute atomic E-state index is 13.4. The minimum atomic E-state index is -1.05. The van der Waals surface area contributed by atoms with Crippen LogP contribution in [0.1, 0.15) is 45.7 Å². The van der Waals surface area contributed by atoms with Gasteiger partial charge < -0.3 is 35.5 Å². The van der Waals surface area contributed by atoms with Gasteiger partial charge >= 0.3 is 0 Å². The van der Waals surface area contributed by atoms with Crippen LogP contribution in [0.2, 0.25) is 0 Å². The monoisotopic (exact) mass is 591 g/mol. The lowest BCUT2D eigenvalue weighted by Gasteiger charge is -2.25. The van der Waals surface area contributed by atoms with Gasteiger partial charge in [-0.25, -0.2) is 0 Å². The number of thiophene rings is 1. The van der Waals surface area contributed by atoms with Crippen LogP contribution in [0.3, 0.4) is 0 Å². The number of hydrogen-bond acceptors (Lipinski definition) is 8. The first-order chi connectivity index (χ1) is 20.2. The molecule has 2 aliphatic rings. The van der Waals surface area contributed by atoms with Crippen LogP contribution in [0.5, 0.6) is 5.75 Å². The molecule has 2 aromatic carbocycles. The Balaban J connectivity index is 1.18. The van der Waals surface area contributed by atoms with Gasteiger partial charge in [-0.15, -0.1) is 11.3 Å². The van der Waals surface area contributed by atoms with Crippen molar-refractivity contribution in [2.45, 2.75) is 37.8 Å². The maximum Gasteiger partial charge on any atom is 0.251 e. The van der Waals surface area contributed by atoms with E-state index in [9.17, 15) is 14.4 Å². The van der Waals surface area contributed by atoms with Crippen molar-refractivity contribution in [3.8, 4) is 5.75 Å². The van der Waals surface area contributed by atoms with Crippen LogP contribution < -0.4 is 21.1 Å². The summed E-state index contributed by atoms with van der Waals surface area (Å²) in [6.07, 6.45) is 0.179. The molecule has 0 bridgehead atoms. The maximum atomic E-state index is 13.4. The first-order valence-corrected chi connectivity index (χ1v) is 14.5. The number of nitrogens with zero attached hydrogens (tertiary/aromatic N) is 1. The zero-order valence-corrected chi connectivity index (χ0v) is 23.9. The third kappa shape index (κ3) is 6.78. The van der Waals surface area contributed by atoms with Gasteiger partial charge in [-0.1, -0.05) is 30.3 Å². The van der Waals surface area contributed by atoms with Gasteiger partial charge in [-0.05, 0) is 42.8 Å². The molecule has 11 nitrogen and oxygen atoms in total. The Kier molecular flexibility index (Phi) is 8.86. The Morgan fingerprint density at radius 1 is 1.12 bits per heavy atom. The zero-order valence-electron chi connectivity index (χ0n) is 23.1. The fourth-order valence-electron chi connectivity index (χ4n) is 4.95. The molecule has 5 rings (SSSR count). The van der Waals surface area contributed by atoms with Crippen molar-refractivity contribution in [1.82, 2.24) is 15.5 Å². The van der Waals surface area contributed by atoms with Gasteiger partial charge in [0.2, 0.25) is 11.8 Å². The van der Waals surface area contributed by atoms with Crippen molar-refractivity contribution < 1.29 is 28.6 Å². The number of ether oxygens (including phenoxy) is 3. The van der Waals surface area contributed by atoms with E-state index in [-0.39, 0.29) is 37.3 Å². The van der Waals surface area contributed by atoms with E-state index in [4.69, 9.17) is 25.4 Å². The molecule has 1 unspecified atom stereocenters. The number of benzene rings is 2. The van der Waals surface area contributed by atoms with Crippen LogP contribution in [0.25, 0.3) is 0 Å². The van der Waals surface area contributed by atoms with Crippen LogP contribution in [-0.2, 0) is 25.7 Å². The number of carbonyl (C=O) groups excluding carboxylic acids is 3. The van der Waals surface area contributed by atoms with E-state index >= 15 is 0 Å². The molecule has 2 atom stereocenters. The molecule has 3 heterocycles. The predicted molar refractivity (Wildman–Crippen MR) is 156 cm³/mol. The standard InChI is InChI=1S/C30H33N5O6S/c1-19(25-13-22(17-42-25)27(31)32)34-29(38)24-14-30(40-11-12-41-30)18-35(24)26(36)15-33-28(37)21-7-9-23(10-8-21)39-16-20-5-3-2-4-6-20/h2-10,13,17,19,24H,11-12,14-16,18H2,1H3,(H3,31,32)(H,33,37)(H,34,38)/t19?,24-/m0/s1. The lowest BCUT2D eigenvalue weighted by Crippen LogP contribution is -2.49. The number of hydrogen-bond donors (Lipinski definition) is 4. The number of amidine groups is 1. The molecule has 0 radical (unpaired) electrons. The molecule has 12 heteroatoms. The van der Waals surface area contributed by atoms with Gasteiger partial charge in [0.1, 0.15) is 24.2 Å². The highest BCUT2D eigenvalue weighted by molar-refractivity contribution is 7.10. The molecule has 3 aromatic rings. The molecule has 0 aliphatic carbocycles. The number of likely N-dealkylation sites (tertiary alicyclic amines) is 1. The van der Waals surface area contributed by atoms with E-state index in [0.717, 1.165) is 10.4 Å². The lowest BCUT2D eigenvalue weighted by molar-refractivity contribution is -0.152. The second kappa shape index (κ2) is 12.7. The lowest BCUT2D eigenvalue weighted by atomic mass is 10.1. The summed E-state index contributed by atoms with van der Waals surface area (Å²) >= 11 is 1.39. The minimum absolute atomic E-state index is 0.0459. The van der Waals surface area contributed by atoms with E-state index in [2.05, 4.69) is 10.6 Å². The molecule has 2 saturated heterocycles. The molecule has 0 saturated carbocycles. The predicted octanol–water partition coefficient (Wildman–Crippen LogP) is 2.56. The quantitative estimate of drug-likeness (QED) is 0.209. The van der Waals surface area contributed by atoms with Crippen molar-refractivity contribution in [2.24, 2.45) is 5.73 Å². The first-order valence-electron chi connectivity index (χ1n) is 13.6. The molecule has 5 N–H and O–H groups in total. The Morgan fingerprint density at radius 3 is 2.50 bits per heavy atom. The molecule has 1 spiro atoms. The summed E-state index contributed by atoms with van der Waals surface area (Å²) in [6.45, 7) is 2.76. The van der Waals surface area contributed by atoms with E-state index in [1.807, 2.05) is 37.3 Å². The normalized spacial score (nSPS) is 18.0. The van der Waals surface area contributed by atoms with E-state index < -0.39 is 23.6 Å². The van der Waals surface area contributed by atoms with Crippen LogP contribution in [-0.4, -0.2) is 66.6 Å². The van der Waals surface area contributed by atoms with Gasteiger partial charge in [-0.2, -0.15) is 0 Å². The summed E-state index contributed by atoms with van der Waals surface area (Å²) in [6, 6.07) is 17.0. The number of nitrogen functional groups attached to an aromatic ring is 1. The van der Waals surface area contributed by atoms with Gasteiger partial charge in [0.05, 0.1) is 32.3 Å². The summed E-state index contributed by atoms with van der Waals surface area (Å²) in [5.74, 6) is -1.68. The number of rotatable bonds is 10. The number of nitrogens with two attached hydrogens (primary N) is 1. The van der Waals surface area contributed by atoms with Crippen LogP contribution >= 0.6 is 11.3 Å². The Morgan fingerprint density at radius 2 is 1.83 bits per heavy atom. The molecule has 1 aromatic heterocycles. The average molecular weight is 592 g/mol. The second-order valence-electron chi connectivity index (χ2n) is 10.2. The third-order valence-corrected chi connectivity index (χ3v) is 8.33. The summed E-state index contributed by atoms with van der Waals surface area (Å²) in [4.78, 5) is 41.7. The van der Waals surface area contributed by atoms with Gasteiger partial charge in [0, 0.05) is 27.8 Å². The summed E-state index contributed by atoms with van der Waals surface area (Å²) in [5.41, 5.74) is 7.56. The Hall–Kier alpha value is -4.26. The zero-order chi connectivity index (χ0) is 29.7. The first kappa shape index (κ1) is 29.2. The SMILES string of the molecule is CC(NC(=O)[C@@H]1CC2(CN1C(=O)CNC(=O)c1ccc(OCc3ccccc3)cc1)OCCO2)c1cc(C(=N)N)cs1. The second-order valence-corrected chi connectivity index (χ2v) is 11.2. The Labute approximate surface area is 247 Å². The summed E-state index contributed by atoms with van der Waals surface area (Å²) in [7, 11) is 0. The van der Waals surface area contributed by atoms with Crippen LogP contribution in [0, 0.1) is 5.41 Å². The van der Waals surface area contributed by atoms with Crippen molar-refractivity contribution in [1.29, 1.82) is 5.41 Å². The van der Waals surface area contributed by atoms with Gasteiger partial charge in [0.25, 0.3) is 5.91 Å². The Bertz CT molecular complexity index is 1440. The topological polar surface area (TPSA) is 156 Å². The van der Waals surface area contributed by atoms with E-state index in [0.29, 0.717) is 36.7 Å². The van der Waals surface area contributed by atoms with Crippen molar-refractivity contribution in [2.75, 3.05) is 26.3 Å². The van der Waals surface area contributed by atoms with Crippen molar-refractivity contribution >= 4 is 34.9 Å².